The van der Waals surface area contributed by atoms with Crippen molar-refractivity contribution in [3.05, 3.63) is 12.2 Å². The van der Waals surface area contributed by atoms with E-state index in [1.54, 1.807) is 6.33 Å². The van der Waals surface area contributed by atoms with Gasteiger partial charge in [-0.1, -0.05) is 6.92 Å². The van der Waals surface area contributed by atoms with Crippen LogP contribution in [0.5, 0.6) is 0 Å². The third kappa shape index (κ3) is 3.48. The summed E-state index contributed by atoms with van der Waals surface area (Å²) in [6.45, 7) is 4.34. The number of aromatic amines is 1. The molecule has 4 heteroatoms. The Hall–Kier alpha value is -0.900. The largest absolute Gasteiger partial charge is 0.317 e. The minimum Gasteiger partial charge on any atom is -0.317 e. The lowest BCUT2D eigenvalue weighted by atomic mass is 10.3. The molecule has 0 aliphatic carbocycles. The maximum Gasteiger partial charge on any atom is 0.137 e. The van der Waals surface area contributed by atoms with E-state index >= 15 is 0 Å². The highest BCUT2D eigenvalue weighted by Gasteiger charge is 1.93. The molecule has 0 amide bonds. The second kappa shape index (κ2) is 5.71. The van der Waals surface area contributed by atoms with Crippen molar-refractivity contribution in [1.29, 1.82) is 0 Å². The molecule has 0 saturated carbocycles. The quantitative estimate of drug-likeness (QED) is 0.616. The molecule has 0 saturated heterocycles. The molecular weight excluding hydrogens is 152 g/mol. The lowest BCUT2D eigenvalue weighted by Gasteiger charge is -1.99. The zero-order valence-corrected chi connectivity index (χ0v) is 7.51. The normalized spacial score (nSPS) is 10.4. The minimum absolute atomic E-state index is 0.980. The minimum atomic E-state index is 0.980. The van der Waals surface area contributed by atoms with Gasteiger partial charge in [0.05, 0.1) is 0 Å². The Kier molecular flexibility index (Phi) is 4.37. The van der Waals surface area contributed by atoms with Gasteiger partial charge < -0.3 is 5.32 Å². The van der Waals surface area contributed by atoms with Crippen molar-refractivity contribution in [2.24, 2.45) is 0 Å². The number of rotatable bonds is 6. The summed E-state index contributed by atoms with van der Waals surface area (Å²) in [7, 11) is 0. The van der Waals surface area contributed by atoms with Crippen molar-refractivity contribution in [1.82, 2.24) is 20.5 Å². The first-order valence-corrected chi connectivity index (χ1v) is 4.48. The summed E-state index contributed by atoms with van der Waals surface area (Å²) in [5, 5.41) is 9.96. The molecule has 0 unspecified atom stereocenters. The molecule has 0 aliphatic rings. The fraction of sp³-hybridized carbons (Fsp3) is 0.750. The summed E-state index contributed by atoms with van der Waals surface area (Å²) in [6.07, 6.45) is 4.85. The molecular formula is C8H16N4. The van der Waals surface area contributed by atoms with Gasteiger partial charge in [0, 0.05) is 6.42 Å². The van der Waals surface area contributed by atoms with Gasteiger partial charge in [-0.15, -0.1) is 0 Å². The van der Waals surface area contributed by atoms with Crippen LogP contribution in [0.1, 0.15) is 25.6 Å². The molecule has 2 N–H and O–H groups in total. The van der Waals surface area contributed by atoms with Crippen molar-refractivity contribution < 1.29 is 0 Å². The zero-order chi connectivity index (χ0) is 8.65. The molecule has 0 radical (unpaired) electrons. The number of aryl methyl sites for hydroxylation is 1. The first kappa shape index (κ1) is 9.19. The van der Waals surface area contributed by atoms with E-state index in [0.717, 1.165) is 31.8 Å². The molecule has 1 aromatic rings. The molecule has 68 valence electrons. The van der Waals surface area contributed by atoms with Gasteiger partial charge in [-0.25, -0.2) is 4.98 Å². The van der Waals surface area contributed by atoms with Crippen molar-refractivity contribution in [3.63, 3.8) is 0 Å². The molecule has 4 nitrogen and oxygen atoms in total. The lowest BCUT2D eigenvalue weighted by molar-refractivity contribution is 0.631. The first-order chi connectivity index (χ1) is 5.93. The predicted molar refractivity (Wildman–Crippen MR) is 47.9 cm³/mol. The Bertz CT molecular complexity index is 183. The van der Waals surface area contributed by atoms with Gasteiger partial charge in [0.2, 0.25) is 0 Å². The highest BCUT2D eigenvalue weighted by atomic mass is 15.2. The Labute approximate surface area is 72.8 Å². The Morgan fingerprint density at radius 2 is 2.42 bits per heavy atom. The van der Waals surface area contributed by atoms with Gasteiger partial charge in [-0.3, -0.25) is 5.10 Å². The highest BCUT2D eigenvalue weighted by molar-refractivity contribution is 4.79. The van der Waals surface area contributed by atoms with Crippen LogP contribution in [-0.2, 0) is 6.42 Å². The van der Waals surface area contributed by atoms with Crippen molar-refractivity contribution in [3.8, 4) is 0 Å². The van der Waals surface area contributed by atoms with Gasteiger partial charge >= 0.3 is 0 Å². The molecule has 1 heterocycles. The average Bonchev–Trinajstić information content (AvgIpc) is 2.57. The third-order valence-electron chi connectivity index (χ3n) is 1.66. The summed E-state index contributed by atoms with van der Waals surface area (Å²) >= 11 is 0. The fourth-order valence-corrected chi connectivity index (χ4v) is 1.03. The summed E-state index contributed by atoms with van der Waals surface area (Å²) in [5.74, 6) is 0.980. The van der Waals surface area contributed by atoms with Gasteiger partial charge in [0.1, 0.15) is 12.2 Å². The standard InChI is InChI=1S/C8H16N4/c1-2-5-9-6-3-4-8-10-7-11-12-8/h7,9H,2-6H2,1H3,(H,10,11,12). The summed E-state index contributed by atoms with van der Waals surface area (Å²) in [4.78, 5) is 4.04. The summed E-state index contributed by atoms with van der Waals surface area (Å²) < 4.78 is 0. The van der Waals surface area contributed by atoms with E-state index in [1.165, 1.54) is 6.42 Å². The first-order valence-electron chi connectivity index (χ1n) is 4.48. The molecule has 0 aromatic carbocycles. The van der Waals surface area contributed by atoms with E-state index < -0.39 is 0 Å². The third-order valence-corrected chi connectivity index (χ3v) is 1.66. The van der Waals surface area contributed by atoms with E-state index in [-0.39, 0.29) is 0 Å². The average molecular weight is 168 g/mol. The van der Waals surface area contributed by atoms with Crippen LogP contribution in [0, 0.1) is 0 Å². The van der Waals surface area contributed by atoms with Crippen LogP contribution in [0.3, 0.4) is 0 Å². The maximum absolute atomic E-state index is 4.04. The van der Waals surface area contributed by atoms with E-state index in [0.29, 0.717) is 0 Å². The molecule has 0 fully saturated rings. The maximum atomic E-state index is 4.04. The predicted octanol–water partition coefficient (Wildman–Crippen LogP) is 0.737. The SMILES string of the molecule is CCCNCCCc1ncn[nH]1. The van der Waals surface area contributed by atoms with Crippen LogP contribution in [0.2, 0.25) is 0 Å². The van der Waals surface area contributed by atoms with E-state index in [2.05, 4.69) is 27.4 Å². The van der Waals surface area contributed by atoms with Crippen molar-refractivity contribution in [2.45, 2.75) is 26.2 Å². The monoisotopic (exact) mass is 168 g/mol. The van der Waals surface area contributed by atoms with Gasteiger partial charge in [-0.05, 0) is 25.9 Å². The molecule has 1 aromatic heterocycles. The Morgan fingerprint density at radius 3 is 3.08 bits per heavy atom. The number of aromatic nitrogens is 3. The number of hydrogen-bond donors (Lipinski definition) is 2. The summed E-state index contributed by atoms with van der Waals surface area (Å²) in [6, 6.07) is 0. The molecule has 12 heavy (non-hydrogen) atoms. The van der Waals surface area contributed by atoms with Crippen LogP contribution in [0.25, 0.3) is 0 Å². The fourth-order valence-electron chi connectivity index (χ4n) is 1.03. The molecule has 0 spiro atoms. The molecule has 1 rings (SSSR count). The smallest absolute Gasteiger partial charge is 0.137 e. The van der Waals surface area contributed by atoms with Crippen molar-refractivity contribution >= 4 is 0 Å². The van der Waals surface area contributed by atoms with E-state index in [1.807, 2.05) is 0 Å². The van der Waals surface area contributed by atoms with Crippen LogP contribution < -0.4 is 5.32 Å². The zero-order valence-electron chi connectivity index (χ0n) is 7.51. The Balaban J connectivity index is 1.96. The highest BCUT2D eigenvalue weighted by Crippen LogP contribution is 1.91. The van der Waals surface area contributed by atoms with E-state index in [9.17, 15) is 0 Å². The molecule has 0 bridgehead atoms. The van der Waals surface area contributed by atoms with Gasteiger partial charge in [0.15, 0.2) is 0 Å². The number of H-pyrrole nitrogens is 1. The summed E-state index contributed by atoms with van der Waals surface area (Å²) in [5.41, 5.74) is 0. The van der Waals surface area contributed by atoms with E-state index in [4.69, 9.17) is 0 Å². The van der Waals surface area contributed by atoms with Gasteiger partial charge in [-0.2, -0.15) is 5.10 Å². The van der Waals surface area contributed by atoms with Crippen LogP contribution in [0.15, 0.2) is 6.33 Å². The topological polar surface area (TPSA) is 53.6 Å². The number of nitrogens with one attached hydrogen (secondary N) is 2. The van der Waals surface area contributed by atoms with Gasteiger partial charge in [0.25, 0.3) is 0 Å². The second-order valence-corrected chi connectivity index (χ2v) is 2.79. The van der Waals surface area contributed by atoms with Crippen LogP contribution in [0.4, 0.5) is 0 Å². The number of nitrogens with zero attached hydrogens (tertiary/aromatic N) is 2. The molecule has 0 aliphatic heterocycles. The van der Waals surface area contributed by atoms with Crippen LogP contribution >= 0.6 is 0 Å². The Morgan fingerprint density at radius 1 is 1.50 bits per heavy atom. The van der Waals surface area contributed by atoms with Crippen LogP contribution in [-0.4, -0.2) is 28.3 Å². The van der Waals surface area contributed by atoms with Crippen molar-refractivity contribution in [2.75, 3.05) is 13.1 Å². The second-order valence-electron chi connectivity index (χ2n) is 2.79. The molecule has 0 atom stereocenters. The number of hydrogen-bond acceptors (Lipinski definition) is 3. The lowest BCUT2D eigenvalue weighted by Crippen LogP contribution is -2.16.